The highest BCUT2D eigenvalue weighted by atomic mass is 16.6. The first-order valence-corrected chi connectivity index (χ1v) is 10.00. The van der Waals surface area contributed by atoms with Crippen molar-refractivity contribution in [1.29, 1.82) is 0 Å². The molecule has 1 aromatic heterocycles. The van der Waals surface area contributed by atoms with Crippen LogP contribution in [0.25, 0.3) is 0 Å². The van der Waals surface area contributed by atoms with Gasteiger partial charge in [-0.3, -0.25) is 9.58 Å². The van der Waals surface area contributed by atoms with E-state index in [1.54, 1.807) is 17.2 Å². The number of rotatable bonds is 5. The molecule has 0 radical (unpaired) electrons. The van der Waals surface area contributed by atoms with Gasteiger partial charge in [0, 0.05) is 37.9 Å². The molecule has 1 saturated heterocycles. The average molecular weight is 396 g/mol. The molecule has 1 aromatic carbocycles. The van der Waals surface area contributed by atoms with Crippen molar-refractivity contribution in [2.24, 2.45) is 0 Å². The number of aromatic nitrogens is 2. The molecule has 6 rings (SSSR count). The van der Waals surface area contributed by atoms with Crippen LogP contribution in [-0.4, -0.2) is 68.5 Å². The molecule has 1 aliphatic heterocycles. The van der Waals surface area contributed by atoms with Crippen molar-refractivity contribution in [3.63, 3.8) is 0 Å². The van der Waals surface area contributed by atoms with Crippen LogP contribution < -0.4 is 0 Å². The smallest absolute Gasteiger partial charge is 0.410 e. The lowest BCUT2D eigenvalue weighted by molar-refractivity contribution is -0.216. The van der Waals surface area contributed by atoms with E-state index >= 15 is 0 Å². The molecule has 8 heteroatoms. The summed E-state index contributed by atoms with van der Waals surface area (Å²) in [5, 5.41) is 13.3. The molecule has 0 atom stereocenters. The van der Waals surface area contributed by atoms with Gasteiger partial charge in [-0.15, -0.1) is 0 Å². The minimum Gasteiger partial charge on any atom is -0.476 e. The first kappa shape index (κ1) is 18.2. The van der Waals surface area contributed by atoms with Crippen LogP contribution in [-0.2, 0) is 16.9 Å². The van der Waals surface area contributed by atoms with Crippen LogP contribution in [0.2, 0.25) is 0 Å². The zero-order valence-corrected chi connectivity index (χ0v) is 16.2. The summed E-state index contributed by atoms with van der Waals surface area (Å²) in [4.78, 5) is 27.7. The predicted molar refractivity (Wildman–Crippen MR) is 104 cm³/mol. The Kier molecular flexibility index (Phi) is 4.13. The topological polar surface area (TPSA) is 87.9 Å². The van der Waals surface area contributed by atoms with Gasteiger partial charge in [0.2, 0.25) is 0 Å². The third kappa shape index (κ3) is 2.98. The van der Waals surface area contributed by atoms with Crippen LogP contribution in [0, 0.1) is 0 Å². The Morgan fingerprint density at radius 1 is 1.00 bits per heavy atom. The van der Waals surface area contributed by atoms with E-state index in [0.717, 1.165) is 37.9 Å². The number of aromatic carboxylic acids is 1. The Hall–Kier alpha value is -2.87. The van der Waals surface area contributed by atoms with Crippen LogP contribution in [0.4, 0.5) is 4.79 Å². The van der Waals surface area contributed by atoms with Gasteiger partial charge in [-0.1, -0.05) is 30.3 Å². The maximum Gasteiger partial charge on any atom is 0.410 e. The Morgan fingerprint density at radius 3 is 2.31 bits per heavy atom. The van der Waals surface area contributed by atoms with E-state index in [4.69, 9.17) is 9.84 Å². The maximum atomic E-state index is 12.3. The van der Waals surface area contributed by atoms with Gasteiger partial charge in [-0.05, 0) is 30.9 Å². The van der Waals surface area contributed by atoms with Crippen LogP contribution in [0.3, 0.4) is 0 Å². The first-order chi connectivity index (χ1) is 14.0. The summed E-state index contributed by atoms with van der Waals surface area (Å²) in [5.41, 5.74) is 1.27. The fraction of sp³-hybridized carbons (Fsp3) is 0.476. The van der Waals surface area contributed by atoms with Gasteiger partial charge in [0.05, 0.1) is 5.54 Å². The lowest BCUT2D eigenvalue weighted by atomic mass is 9.43. The van der Waals surface area contributed by atoms with Gasteiger partial charge < -0.3 is 14.7 Å². The molecule has 3 aliphatic carbocycles. The summed E-state index contributed by atoms with van der Waals surface area (Å²) in [6.07, 6.45) is 4.53. The molecule has 2 aromatic rings. The van der Waals surface area contributed by atoms with E-state index in [1.165, 1.54) is 0 Å². The highest BCUT2D eigenvalue weighted by Crippen LogP contribution is 2.67. The Balaban J connectivity index is 1.11. The molecule has 2 heterocycles. The van der Waals surface area contributed by atoms with E-state index in [-0.39, 0.29) is 22.9 Å². The number of piperazine rings is 1. The Bertz CT molecular complexity index is 913. The number of hydrogen-bond acceptors (Lipinski definition) is 5. The minimum absolute atomic E-state index is 0.0144. The van der Waals surface area contributed by atoms with Gasteiger partial charge in [-0.2, -0.15) is 5.10 Å². The molecule has 4 fully saturated rings. The number of amides is 1. The van der Waals surface area contributed by atoms with Gasteiger partial charge in [0.25, 0.3) is 0 Å². The number of carboxylic acid groups (broad SMARTS) is 1. The predicted octanol–water partition coefficient (Wildman–Crippen LogP) is 2.17. The van der Waals surface area contributed by atoms with Crippen molar-refractivity contribution in [2.75, 3.05) is 26.2 Å². The molecule has 4 aliphatic rings. The first-order valence-electron chi connectivity index (χ1n) is 10.00. The largest absolute Gasteiger partial charge is 0.476 e. The monoisotopic (exact) mass is 396 g/mol. The van der Waals surface area contributed by atoms with E-state index in [1.807, 2.05) is 35.0 Å². The van der Waals surface area contributed by atoms with Crippen molar-refractivity contribution in [3.05, 3.63) is 53.9 Å². The van der Waals surface area contributed by atoms with Gasteiger partial charge >= 0.3 is 12.1 Å². The van der Waals surface area contributed by atoms with Crippen molar-refractivity contribution in [2.45, 2.75) is 36.9 Å². The fourth-order valence-corrected chi connectivity index (χ4v) is 5.14. The molecule has 1 N–H and O–H groups in total. The third-order valence-electron chi connectivity index (χ3n) is 6.68. The summed E-state index contributed by atoms with van der Waals surface area (Å²) in [7, 11) is 0. The second-order valence-corrected chi connectivity index (χ2v) is 8.44. The highest BCUT2D eigenvalue weighted by Gasteiger charge is 2.71. The number of hydrogen-bond donors (Lipinski definition) is 1. The minimum atomic E-state index is -0.986. The van der Waals surface area contributed by atoms with E-state index in [9.17, 15) is 9.59 Å². The second kappa shape index (κ2) is 6.59. The molecule has 152 valence electrons. The fourth-order valence-electron chi connectivity index (χ4n) is 5.14. The van der Waals surface area contributed by atoms with E-state index in [2.05, 4.69) is 10.00 Å². The molecular formula is C21H24N4O4. The van der Waals surface area contributed by atoms with Crippen molar-refractivity contribution in [3.8, 4) is 0 Å². The van der Waals surface area contributed by atoms with Crippen LogP contribution in [0.1, 0.15) is 35.3 Å². The van der Waals surface area contributed by atoms with Crippen LogP contribution in [0.15, 0.2) is 42.6 Å². The molecule has 1 amide bonds. The summed E-state index contributed by atoms with van der Waals surface area (Å²) in [5.74, 6) is -0.986. The highest BCUT2D eigenvalue weighted by molar-refractivity contribution is 5.85. The third-order valence-corrected chi connectivity index (χ3v) is 6.68. The Morgan fingerprint density at radius 2 is 1.69 bits per heavy atom. The van der Waals surface area contributed by atoms with Crippen molar-refractivity contribution in [1.82, 2.24) is 19.6 Å². The van der Waals surface area contributed by atoms with Gasteiger partial charge in [-0.25, -0.2) is 9.59 Å². The van der Waals surface area contributed by atoms with E-state index < -0.39 is 5.97 Å². The lowest BCUT2D eigenvalue weighted by Gasteiger charge is -2.74. The van der Waals surface area contributed by atoms with Crippen molar-refractivity contribution >= 4 is 12.1 Å². The molecule has 0 unspecified atom stereocenters. The van der Waals surface area contributed by atoms with Crippen LogP contribution >= 0.6 is 0 Å². The molecule has 3 saturated carbocycles. The van der Waals surface area contributed by atoms with E-state index in [0.29, 0.717) is 19.7 Å². The Labute approximate surface area is 168 Å². The second-order valence-electron chi connectivity index (χ2n) is 8.44. The standard InChI is InChI=1S/C21H24N4O4/c26-18(27)17-6-7-25(22-17)21-13-20(14-21,15-21)24-10-8-23(9-11-24)19(28)29-12-16-4-2-1-3-5-16/h1-7H,8-15H2,(H,26,27). The average Bonchev–Trinajstić information content (AvgIpc) is 3.16. The summed E-state index contributed by atoms with van der Waals surface area (Å²) in [6.45, 7) is 3.33. The molecule has 2 bridgehead atoms. The quantitative estimate of drug-likeness (QED) is 0.833. The number of carboxylic acids is 1. The number of carbonyl (C=O) groups excluding carboxylic acids is 1. The molecular weight excluding hydrogens is 372 g/mol. The number of nitrogens with zero attached hydrogens (tertiary/aromatic N) is 4. The summed E-state index contributed by atoms with van der Waals surface area (Å²) < 4.78 is 7.29. The summed E-state index contributed by atoms with van der Waals surface area (Å²) >= 11 is 0. The lowest BCUT2D eigenvalue weighted by Crippen LogP contribution is -2.80. The van der Waals surface area contributed by atoms with Gasteiger partial charge in [0.15, 0.2) is 5.69 Å². The number of carbonyl (C=O) groups is 2. The zero-order chi connectivity index (χ0) is 20.1. The normalized spacial score (nSPS) is 28.3. The zero-order valence-electron chi connectivity index (χ0n) is 16.2. The van der Waals surface area contributed by atoms with Crippen LogP contribution in [0.5, 0.6) is 0 Å². The van der Waals surface area contributed by atoms with Gasteiger partial charge in [0.1, 0.15) is 6.61 Å². The number of benzene rings is 1. The maximum absolute atomic E-state index is 12.3. The SMILES string of the molecule is O=C(O)c1ccn(C23CC(N4CCN(C(=O)OCc5ccccc5)CC4)(C2)C3)n1. The summed E-state index contributed by atoms with van der Waals surface area (Å²) in [6, 6.07) is 11.3. The molecule has 8 nitrogen and oxygen atoms in total. The molecule has 29 heavy (non-hydrogen) atoms. The molecule has 0 spiro atoms. The number of ether oxygens (including phenoxy) is 1. The van der Waals surface area contributed by atoms with Crippen molar-refractivity contribution < 1.29 is 19.4 Å².